The molecule has 0 saturated carbocycles. The summed E-state index contributed by atoms with van der Waals surface area (Å²) in [5.74, 6) is -0.869. The van der Waals surface area contributed by atoms with Crippen molar-refractivity contribution in [1.29, 1.82) is 0 Å². The third-order valence-corrected chi connectivity index (χ3v) is 5.36. The summed E-state index contributed by atoms with van der Waals surface area (Å²) < 4.78 is 11.8. The average Bonchev–Trinajstić information content (AvgIpc) is 2.99. The molecule has 6 nitrogen and oxygen atoms in total. The van der Waals surface area contributed by atoms with Crippen molar-refractivity contribution in [1.82, 2.24) is 10.2 Å². The van der Waals surface area contributed by atoms with Crippen molar-refractivity contribution in [3.8, 4) is 0 Å². The third-order valence-electron chi connectivity index (χ3n) is 5.36. The van der Waals surface area contributed by atoms with Crippen molar-refractivity contribution in [2.24, 2.45) is 11.7 Å². The van der Waals surface area contributed by atoms with E-state index in [0.717, 1.165) is 39.0 Å². The first-order valence-corrected chi connectivity index (χ1v) is 8.96. The van der Waals surface area contributed by atoms with Gasteiger partial charge in [0.15, 0.2) is 5.72 Å². The SMILES string of the molecule is CN1CCC[C@@H]1COC1(NC2CCOCC2)C=CC=CC1C(N)=O. The maximum absolute atomic E-state index is 12.1. The predicted molar refractivity (Wildman–Crippen MR) is 92.3 cm³/mol. The van der Waals surface area contributed by atoms with Crippen LogP contribution in [0.3, 0.4) is 0 Å². The van der Waals surface area contributed by atoms with Gasteiger partial charge in [0.05, 0.1) is 6.61 Å². The summed E-state index contributed by atoms with van der Waals surface area (Å²) in [6, 6.07) is 0.657. The molecule has 3 atom stereocenters. The zero-order chi connectivity index (χ0) is 17.0. The van der Waals surface area contributed by atoms with Crippen LogP contribution in [0.1, 0.15) is 25.7 Å². The molecule has 134 valence electrons. The lowest BCUT2D eigenvalue weighted by molar-refractivity contribution is -0.136. The van der Waals surface area contributed by atoms with Crippen molar-refractivity contribution >= 4 is 5.91 Å². The molecule has 0 spiro atoms. The predicted octanol–water partition coefficient (Wildman–Crippen LogP) is 0.790. The molecular formula is C18H29N3O3. The minimum absolute atomic E-state index is 0.262. The van der Waals surface area contributed by atoms with Crippen LogP contribution in [0, 0.1) is 5.92 Å². The normalized spacial score (nSPS) is 34.7. The highest BCUT2D eigenvalue weighted by molar-refractivity contribution is 5.80. The number of carbonyl (C=O) groups is 1. The van der Waals surface area contributed by atoms with Crippen molar-refractivity contribution < 1.29 is 14.3 Å². The number of rotatable bonds is 6. The maximum atomic E-state index is 12.1. The highest BCUT2D eigenvalue weighted by atomic mass is 16.5. The Morgan fingerprint density at radius 2 is 2.17 bits per heavy atom. The first kappa shape index (κ1) is 17.6. The quantitative estimate of drug-likeness (QED) is 0.702. The molecule has 3 N–H and O–H groups in total. The Balaban J connectivity index is 1.75. The number of amides is 1. The molecule has 2 unspecified atom stereocenters. The summed E-state index contributed by atoms with van der Waals surface area (Å²) in [6.07, 6.45) is 11.7. The number of likely N-dealkylation sites (N-methyl/N-ethyl adjacent to an activating group) is 1. The van der Waals surface area contributed by atoms with E-state index in [0.29, 0.717) is 12.6 Å². The van der Waals surface area contributed by atoms with Gasteiger partial charge in [0.1, 0.15) is 5.92 Å². The monoisotopic (exact) mass is 335 g/mol. The van der Waals surface area contributed by atoms with Gasteiger partial charge >= 0.3 is 0 Å². The Hall–Kier alpha value is -1.21. The lowest BCUT2D eigenvalue weighted by Crippen LogP contribution is -2.60. The van der Waals surface area contributed by atoms with E-state index in [1.165, 1.54) is 6.42 Å². The van der Waals surface area contributed by atoms with Crippen LogP contribution in [0.5, 0.6) is 0 Å². The molecule has 2 saturated heterocycles. The van der Waals surface area contributed by atoms with E-state index < -0.39 is 11.6 Å². The summed E-state index contributed by atoms with van der Waals surface area (Å²) >= 11 is 0. The van der Waals surface area contributed by atoms with E-state index in [1.54, 1.807) is 0 Å². The van der Waals surface area contributed by atoms with Crippen LogP contribution in [0.15, 0.2) is 24.3 Å². The van der Waals surface area contributed by atoms with Crippen LogP contribution in [0.2, 0.25) is 0 Å². The summed E-state index contributed by atoms with van der Waals surface area (Å²) in [7, 11) is 2.13. The molecule has 0 radical (unpaired) electrons. The molecule has 24 heavy (non-hydrogen) atoms. The first-order valence-electron chi connectivity index (χ1n) is 8.96. The number of nitrogens with one attached hydrogen (secondary N) is 1. The molecule has 2 aliphatic heterocycles. The number of nitrogens with two attached hydrogens (primary N) is 1. The number of primary amides is 1. The number of carbonyl (C=O) groups excluding carboxylic acids is 1. The van der Waals surface area contributed by atoms with Gasteiger partial charge in [0.2, 0.25) is 5.91 Å². The van der Waals surface area contributed by atoms with Crippen molar-refractivity contribution in [3.63, 3.8) is 0 Å². The van der Waals surface area contributed by atoms with E-state index >= 15 is 0 Å². The summed E-state index contributed by atoms with van der Waals surface area (Å²) in [6.45, 7) is 3.16. The second-order valence-corrected chi connectivity index (χ2v) is 7.04. The van der Waals surface area contributed by atoms with Crippen LogP contribution in [0.25, 0.3) is 0 Å². The Morgan fingerprint density at radius 3 is 2.83 bits per heavy atom. The summed E-state index contributed by atoms with van der Waals surface area (Å²) in [5, 5.41) is 3.58. The molecule has 0 bridgehead atoms. The fourth-order valence-electron chi connectivity index (χ4n) is 3.83. The van der Waals surface area contributed by atoms with Gasteiger partial charge in [0.25, 0.3) is 0 Å². The van der Waals surface area contributed by atoms with Gasteiger partial charge in [0, 0.05) is 25.3 Å². The van der Waals surface area contributed by atoms with Gasteiger partial charge < -0.3 is 20.1 Å². The van der Waals surface area contributed by atoms with Crippen LogP contribution >= 0.6 is 0 Å². The minimum atomic E-state index is -0.855. The lowest BCUT2D eigenvalue weighted by atomic mass is 9.88. The summed E-state index contributed by atoms with van der Waals surface area (Å²) in [4.78, 5) is 14.4. The number of likely N-dealkylation sites (tertiary alicyclic amines) is 1. The van der Waals surface area contributed by atoms with Crippen LogP contribution < -0.4 is 11.1 Å². The zero-order valence-corrected chi connectivity index (χ0v) is 14.4. The number of nitrogens with zero attached hydrogens (tertiary/aromatic N) is 1. The van der Waals surface area contributed by atoms with Gasteiger partial charge in [-0.15, -0.1) is 0 Å². The third kappa shape index (κ3) is 3.88. The highest BCUT2D eigenvalue weighted by Gasteiger charge is 2.43. The first-order chi connectivity index (χ1) is 11.6. The van der Waals surface area contributed by atoms with Crippen molar-refractivity contribution in [2.75, 3.05) is 33.4 Å². The van der Waals surface area contributed by atoms with Gasteiger partial charge in [-0.25, -0.2) is 0 Å². The molecular weight excluding hydrogens is 306 g/mol. The fraction of sp³-hybridized carbons (Fsp3) is 0.722. The topological polar surface area (TPSA) is 76.8 Å². The summed E-state index contributed by atoms with van der Waals surface area (Å²) in [5.41, 5.74) is 4.82. The Kier molecular flexibility index (Phi) is 5.71. The average molecular weight is 335 g/mol. The van der Waals surface area contributed by atoms with Gasteiger partial charge in [-0.2, -0.15) is 0 Å². The Bertz CT molecular complexity index is 502. The smallest absolute Gasteiger partial charge is 0.229 e. The Labute approximate surface area is 144 Å². The number of hydrogen-bond donors (Lipinski definition) is 2. The van der Waals surface area contributed by atoms with Crippen LogP contribution in [-0.4, -0.2) is 62.0 Å². The highest BCUT2D eigenvalue weighted by Crippen LogP contribution is 2.29. The number of allylic oxidation sites excluding steroid dienone is 2. The number of ether oxygens (including phenoxy) is 2. The molecule has 0 aromatic heterocycles. The van der Waals surface area contributed by atoms with E-state index in [9.17, 15) is 4.79 Å². The van der Waals surface area contributed by atoms with Crippen LogP contribution in [-0.2, 0) is 14.3 Å². The molecule has 0 aromatic carbocycles. The fourth-order valence-corrected chi connectivity index (χ4v) is 3.83. The standard InChI is InChI=1S/C18H29N3O3/c1-21-10-4-5-15(21)13-24-18(20-14-7-11-23-12-8-14)9-3-2-6-16(18)17(19)22/h2-3,6,9,14-16,20H,4-5,7-8,10-13H2,1H3,(H2,19,22)/t15-,16?,18?/m1/s1. The lowest BCUT2D eigenvalue weighted by Gasteiger charge is -2.42. The molecule has 2 fully saturated rings. The molecule has 3 aliphatic rings. The number of hydrogen-bond acceptors (Lipinski definition) is 5. The van der Waals surface area contributed by atoms with Gasteiger partial charge in [-0.05, 0) is 45.4 Å². The molecule has 2 heterocycles. The van der Waals surface area contributed by atoms with E-state index in [4.69, 9.17) is 15.2 Å². The minimum Gasteiger partial charge on any atom is -0.381 e. The molecule has 6 heteroatoms. The molecule has 3 rings (SSSR count). The maximum Gasteiger partial charge on any atom is 0.229 e. The zero-order valence-electron chi connectivity index (χ0n) is 14.4. The van der Waals surface area contributed by atoms with Crippen LogP contribution in [0.4, 0.5) is 0 Å². The van der Waals surface area contributed by atoms with Crippen molar-refractivity contribution in [3.05, 3.63) is 24.3 Å². The van der Waals surface area contributed by atoms with Crippen molar-refractivity contribution in [2.45, 2.75) is 43.5 Å². The van der Waals surface area contributed by atoms with Gasteiger partial charge in [-0.3, -0.25) is 10.1 Å². The Morgan fingerprint density at radius 1 is 1.38 bits per heavy atom. The molecule has 1 amide bonds. The van der Waals surface area contributed by atoms with E-state index in [-0.39, 0.29) is 11.9 Å². The van der Waals surface area contributed by atoms with E-state index in [1.807, 2.05) is 24.3 Å². The molecule has 0 aromatic rings. The van der Waals surface area contributed by atoms with Gasteiger partial charge in [-0.1, -0.05) is 18.2 Å². The second-order valence-electron chi connectivity index (χ2n) is 7.04. The second kappa shape index (κ2) is 7.78. The largest absolute Gasteiger partial charge is 0.381 e. The molecule has 1 aliphatic carbocycles. The van der Waals surface area contributed by atoms with E-state index in [2.05, 4.69) is 17.3 Å².